The summed E-state index contributed by atoms with van der Waals surface area (Å²) in [6.45, 7) is 1.92. The largest absolute Gasteiger partial charge is 0.457 e. The van der Waals surface area contributed by atoms with Crippen LogP contribution in [0, 0.1) is 12.3 Å². The van der Waals surface area contributed by atoms with Crippen LogP contribution in [0.4, 0.5) is 0 Å². The lowest BCUT2D eigenvalue weighted by Crippen LogP contribution is -2.28. The van der Waals surface area contributed by atoms with Gasteiger partial charge in [0.05, 0.1) is 5.88 Å². The predicted octanol–water partition coefficient (Wildman–Crippen LogP) is 1.86. The summed E-state index contributed by atoms with van der Waals surface area (Å²) in [6.07, 6.45) is -0.622. The highest BCUT2D eigenvalue weighted by molar-refractivity contribution is 6.18. The maximum Gasteiger partial charge on any atom is 0.215 e. The van der Waals surface area contributed by atoms with Crippen molar-refractivity contribution in [2.24, 2.45) is 5.73 Å². The van der Waals surface area contributed by atoms with E-state index in [1.54, 1.807) is 0 Å². The van der Waals surface area contributed by atoms with Gasteiger partial charge in [-0.25, -0.2) is 0 Å². The minimum atomic E-state index is -0.622. The molecule has 0 spiro atoms. The van der Waals surface area contributed by atoms with Crippen LogP contribution in [-0.2, 0) is 4.74 Å². The molecular formula is C10H13ClN2O. The Bertz CT molecular complexity index is 328. The molecule has 0 aromatic heterocycles. The fourth-order valence-electron chi connectivity index (χ4n) is 1.07. The fraction of sp³-hybridized carbons (Fsp3) is 0.300. The van der Waals surface area contributed by atoms with Crippen LogP contribution in [-0.4, -0.2) is 18.0 Å². The van der Waals surface area contributed by atoms with Crippen LogP contribution in [0.3, 0.4) is 0 Å². The normalized spacial score (nSPS) is 12.2. The highest BCUT2D eigenvalue weighted by Gasteiger charge is 2.09. The van der Waals surface area contributed by atoms with Gasteiger partial charge < -0.3 is 4.74 Å². The number of hydrogen-bond donors (Lipinski definition) is 2. The predicted molar refractivity (Wildman–Crippen MR) is 57.8 cm³/mol. The maximum atomic E-state index is 7.64. The van der Waals surface area contributed by atoms with Gasteiger partial charge in [0.2, 0.25) is 5.90 Å². The number of rotatable bonds is 3. The average molecular weight is 213 g/mol. The van der Waals surface area contributed by atoms with E-state index in [4.69, 9.17) is 27.5 Å². The summed E-state index contributed by atoms with van der Waals surface area (Å²) in [4.78, 5) is 0. The second kappa shape index (κ2) is 4.98. The Morgan fingerprint density at radius 3 is 2.79 bits per heavy atom. The van der Waals surface area contributed by atoms with Gasteiger partial charge >= 0.3 is 0 Å². The van der Waals surface area contributed by atoms with E-state index in [1.807, 2.05) is 31.2 Å². The van der Waals surface area contributed by atoms with Crippen molar-refractivity contribution in [3.05, 3.63) is 35.4 Å². The third kappa shape index (κ3) is 2.72. The van der Waals surface area contributed by atoms with Gasteiger partial charge in [-0.1, -0.05) is 18.2 Å². The molecule has 0 heterocycles. The van der Waals surface area contributed by atoms with Crippen LogP contribution in [0.1, 0.15) is 11.1 Å². The number of benzene rings is 1. The van der Waals surface area contributed by atoms with Crippen molar-refractivity contribution in [3.63, 3.8) is 0 Å². The minimum absolute atomic E-state index is 0.0660. The summed E-state index contributed by atoms with van der Waals surface area (Å²) in [5.74, 6) is 0.241. The highest BCUT2D eigenvalue weighted by Crippen LogP contribution is 2.09. The van der Waals surface area contributed by atoms with Crippen LogP contribution in [0.25, 0.3) is 0 Å². The molecule has 0 saturated carbocycles. The molecule has 0 amide bonds. The first-order valence-corrected chi connectivity index (χ1v) is 4.81. The van der Waals surface area contributed by atoms with E-state index in [2.05, 4.69) is 0 Å². The fourth-order valence-corrected chi connectivity index (χ4v) is 1.14. The highest BCUT2D eigenvalue weighted by atomic mass is 35.5. The van der Waals surface area contributed by atoms with Gasteiger partial charge in [0.15, 0.2) is 6.23 Å². The topological polar surface area (TPSA) is 59.1 Å². The summed E-state index contributed by atoms with van der Waals surface area (Å²) >= 11 is 5.48. The van der Waals surface area contributed by atoms with Crippen molar-refractivity contribution < 1.29 is 4.74 Å². The molecule has 0 aliphatic rings. The molecular weight excluding hydrogens is 200 g/mol. The molecule has 4 heteroatoms. The lowest BCUT2D eigenvalue weighted by atomic mass is 10.1. The van der Waals surface area contributed by atoms with Gasteiger partial charge in [0.1, 0.15) is 0 Å². The SMILES string of the molecule is Cc1ccccc1C(=N)OC(N)CCl. The number of nitrogens with one attached hydrogen (secondary N) is 1. The number of aryl methyl sites for hydroxylation is 1. The third-order valence-corrected chi connectivity index (χ3v) is 2.12. The van der Waals surface area contributed by atoms with E-state index in [0.29, 0.717) is 0 Å². The van der Waals surface area contributed by atoms with Crippen LogP contribution in [0.5, 0.6) is 0 Å². The smallest absolute Gasteiger partial charge is 0.215 e. The van der Waals surface area contributed by atoms with Gasteiger partial charge in [-0.2, -0.15) is 0 Å². The molecule has 0 aliphatic carbocycles. The standard InChI is InChI=1S/C10H13ClN2O/c1-7-4-2-3-5-8(7)10(13)14-9(12)6-11/h2-5,9,13H,6,12H2,1H3. The minimum Gasteiger partial charge on any atom is -0.457 e. The van der Waals surface area contributed by atoms with Crippen molar-refractivity contribution in [1.82, 2.24) is 0 Å². The molecule has 0 bridgehead atoms. The molecule has 1 atom stereocenters. The molecule has 1 aromatic carbocycles. The number of halogens is 1. The zero-order chi connectivity index (χ0) is 10.6. The molecule has 0 aliphatic heterocycles. The van der Waals surface area contributed by atoms with Crippen molar-refractivity contribution in [2.75, 3.05) is 5.88 Å². The quantitative estimate of drug-likeness (QED) is 0.348. The molecule has 0 fully saturated rings. The molecule has 14 heavy (non-hydrogen) atoms. The number of alkyl halides is 1. The molecule has 76 valence electrons. The van der Waals surface area contributed by atoms with Crippen molar-refractivity contribution in [1.29, 1.82) is 5.41 Å². The summed E-state index contributed by atoms with van der Waals surface area (Å²) in [6, 6.07) is 7.50. The van der Waals surface area contributed by atoms with Crippen molar-refractivity contribution in [3.8, 4) is 0 Å². The van der Waals surface area contributed by atoms with E-state index in [0.717, 1.165) is 11.1 Å². The second-order valence-corrected chi connectivity index (χ2v) is 3.26. The molecule has 1 aromatic rings. The van der Waals surface area contributed by atoms with Gasteiger partial charge in [-0.3, -0.25) is 11.1 Å². The first-order chi connectivity index (χ1) is 6.65. The number of ether oxygens (including phenoxy) is 1. The molecule has 3 N–H and O–H groups in total. The van der Waals surface area contributed by atoms with Gasteiger partial charge in [-0.15, -0.1) is 11.6 Å². The average Bonchev–Trinajstić information content (AvgIpc) is 2.18. The Morgan fingerprint density at radius 1 is 1.57 bits per heavy atom. The summed E-state index contributed by atoms with van der Waals surface area (Å²) in [5.41, 5.74) is 7.20. The van der Waals surface area contributed by atoms with Crippen molar-refractivity contribution in [2.45, 2.75) is 13.2 Å². The van der Waals surface area contributed by atoms with E-state index in [1.165, 1.54) is 0 Å². The molecule has 0 saturated heterocycles. The molecule has 1 unspecified atom stereocenters. The summed E-state index contributed by atoms with van der Waals surface area (Å²) < 4.78 is 5.10. The van der Waals surface area contributed by atoms with E-state index < -0.39 is 6.23 Å². The lowest BCUT2D eigenvalue weighted by molar-refractivity contribution is 0.218. The van der Waals surface area contributed by atoms with Gasteiger partial charge in [-0.05, 0) is 18.6 Å². The van der Waals surface area contributed by atoms with Crippen LogP contribution >= 0.6 is 11.6 Å². The first-order valence-electron chi connectivity index (χ1n) is 4.28. The zero-order valence-corrected chi connectivity index (χ0v) is 8.71. The van der Waals surface area contributed by atoms with E-state index >= 15 is 0 Å². The Balaban J connectivity index is 2.75. The summed E-state index contributed by atoms with van der Waals surface area (Å²) in [7, 11) is 0. The van der Waals surface area contributed by atoms with E-state index in [9.17, 15) is 0 Å². The Labute approximate surface area is 88.3 Å². The maximum absolute atomic E-state index is 7.64. The van der Waals surface area contributed by atoms with E-state index in [-0.39, 0.29) is 11.8 Å². The zero-order valence-electron chi connectivity index (χ0n) is 7.96. The van der Waals surface area contributed by atoms with Gasteiger partial charge in [0.25, 0.3) is 0 Å². The Morgan fingerprint density at radius 2 is 2.21 bits per heavy atom. The van der Waals surface area contributed by atoms with Crippen molar-refractivity contribution >= 4 is 17.5 Å². The Kier molecular flexibility index (Phi) is 3.92. The van der Waals surface area contributed by atoms with Gasteiger partial charge in [0, 0.05) is 5.56 Å². The first kappa shape index (κ1) is 11.0. The van der Waals surface area contributed by atoms with Crippen LogP contribution in [0.15, 0.2) is 24.3 Å². The van der Waals surface area contributed by atoms with Crippen LogP contribution in [0.2, 0.25) is 0 Å². The Hall–Kier alpha value is -1.06. The number of hydrogen-bond acceptors (Lipinski definition) is 3. The monoisotopic (exact) mass is 212 g/mol. The lowest BCUT2D eigenvalue weighted by Gasteiger charge is -2.13. The second-order valence-electron chi connectivity index (χ2n) is 2.95. The summed E-state index contributed by atoms with van der Waals surface area (Å²) in [5, 5.41) is 7.64. The van der Waals surface area contributed by atoms with Crippen LogP contribution < -0.4 is 5.73 Å². The third-order valence-electron chi connectivity index (χ3n) is 1.81. The number of nitrogens with two attached hydrogens (primary N) is 1. The molecule has 0 radical (unpaired) electrons. The molecule has 3 nitrogen and oxygen atoms in total. The molecule has 1 rings (SSSR count).